The van der Waals surface area contributed by atoms with E-state index in [4.69, 9.17) is 15.7 Å². The van der Waals surface area contributed by atoms with Crippen LogP contribution in [0.25, 0.3) is 5.95 Å². The second kappa shape index (κ2) is 5.26. The monoisotopic (exact) mass is 279 g/mol. The molecular weight excluding hydrogens is 270 g/mol. The number of hydrogen-bond acceptors (Lipinski definition) is 7. The van der Waals surface area contributed by atoms with Crippen LogP contribution in [0.15, 0.2) is 43.0 Å². The predicted molar refractivity (Wildman–Crippen MR) is 72.6 cm³/mol. The number of hydrogen-bond donors (Lipinski definition) is 1. The second-order valence-electron chi connectivity index (χ2n) is 3.98. The Kier molecular flexibility index (Phi) is 3.15. The molecule has 1 aromatic carbocycles. The molecule has 0 unspecified atom stereocenters. The average Bonchev–Trinajstić information content (AvgIpc) is 3.02. The third kappa shape index (κ3) is 2.76. The van der Waals surface area contributed by atoms with Crippen LogP contribution in [0.1, 0.15) is 5.56 Å². The van der Waals surface area contributed by atoms with E-state index in [1.807, 2.05) is 6.07 Å². The van der Waals surface area contributed by atoms with Gasteiger partial charge in [0.15, 0.2) is 0 Å². The number of anilines is 1. The number of benzene rings is 1. The van der Waals surface area contributed by atoms with E-state index in [9.17, 15) is 0 Å². The first kappa shape index (κ1) is 12.6. The Morgan fingerprint density at radius 2 is 1.95 bits per heavy atom. The first-order valence-corrected chi connectivity index (χ1v) is 5.92. The van der Waals surface area contributed by atoms with Gasteiger partial charge in [-0.1, -0.05) is 0 Å². The molecule has 0 amide bonds. The van der Waals surface area contributed by atoms with Crippen LogP contribution in [0, 0.1) is 11.3 Å². The van der Waals surface area contributed by atoms with Crippen molar-refractivity contribution in [3.8, 4) is 23.8 Å². The van der Waals surface area contributed by atoms with Crippen LogP contribution in [0.4, 0.5) is 5.95 Å². The average molecular weight is 279 g/mol. The van der Waals surface area contributed by atoms with E-state index in [2.05, 4.69) is 19.9 Å². The highest BCUT2D eigenvalue weighted by Crippen LogP contribution is 2.19. The molecule has 0 aliphatic heterocycles. The molecule has 0 atom stereocenters. The van der Waals surface area contributed by atoms with Gasteiger partial charge >= 0.3 is 6.01 Å². The molecule has 102 valence electrons. The SMILES string of the molecule is N#Cc1ccc(Oc2nc(N)nc(-n3ccnc3)n2)cc1. The lowest BCUT2D eigenvalue weighted by molar-refractivity contribution is 0.439. The van der Waals surface area contributed by atoms with Gasteiger partial charge in [-0.3, -0.25) is 4.57 Å². The van der Waals surface area contributed by atoms with Crippen molar-refractivity contribution in [2.24, 2.45) is 0 Å². The molecule has 2 heterocycles. The Balaban J connectivity index is 1.90. The van der Waals surface area contributed by atoms with E-state index in [-0.39, 0.29) is 12.0 Å². The van der Waals surface area contributed by atoms with Crippen LogP contribution >= 0.6 is 0 Å². The summed E-state index contributed by atoms with van der Waals surface area (Å²) in [5.41, 5.74) is 6.18. The Labute approximate surface area is 119 Å². The number of rotatable bonds is 3. The number of nitriles is 1. The van der Waals surface area contributed by atoms with Gasteiger partial charge in [-0.05, 0) is 24.3 Å². The summed E-state index contributed by atoms with van der Waals surface area (Å²) in [6.45, 7) is 0. The fourth-order valence-corrected chi connectivity index (χ4v) is 1.60. The summed E-state index contributed by atoms with van der Waals surface area (Å²) in [6.07, 6.45) is 4.82. The van der Waals surface area contributed by atoms with Crippen molar-refractivity contribution in [1.29, 1.82) is 5.26 Å². The zero-order valence-electron chi connectivity index (χ0n) is 10.7. The van der Waals surface area contributed by atoms with Gasteiger partial charge in [0.2, 0.25) is 11.9 Å². The van der Waals surface area contributed by atoms with Crippen molar-refractivity contribution >= 4 is 5.95 Å². The largest absolute Gasteiger partial charge is 0.424 e. The van der Waals surface area contributed by atoms with Crippen LogP contribution in [-0.2, 0) is 0 Å². The molecule has 8 heteroatoms. The Morgan fingerprint density at radius 3 is 2.62 bits per heavy atom. The number of imidazole rings is 1. The van der Waals surface area contributed by atoms with Crippen molar-refractivity contribution in [1.82, 2.24) is 24.5 Å². The van der Waals surface area contributed by atoms with Gasteiger partial charge in [-0.2, -0.15) is 20.2 Å². The van der Waals surface area contributed by atoms with Gasteiger partial charge in [0.05, 0.1) is 11.6 Å². The van der Waals surface area contributed by atoms with Gasteiger partial charge in [-0.25, -0.2) is 4.98 Å². The lowest BCUT2D eigenvalue weighted by Crippen LogP contribution is -2.06. The Bertz CT molecular complexity index is 790. The van der Waals surface area contributed by atoms with Crippen molar-refractivity contribution in [3.05, 3.63) is 48.5 Å². The third-order valence-electron chi connectivity index (χ3n) is 2.55. The quantitative estimate of drug-likeness (QED) is 0.768. The highest BCUT2D eigenvalue weighted by atomic mass is 16.5. The first-order chi connectivity index (χ1) is 10.2. The van der Waals surface area contributed by atoms with E-state index in [0.29, 0.717) is 17.3 Å². The van der Waals surface area contributed by atoms with Gasteiger partial charge < -0.3 is 10.5 Å². The third-order valence-corrected chi connectivity index (χ3v) is 2.55. The van der Waals surface area contributed by atoms with E-state index in [0.717, 1.165) is 0 Å². The van der Waals surface area contributed by atoms with E-state index < -0.39 is 0 Å². The number of nitrogens with two attached hydrogens (primary N) is 1. The minimum Gasteiger partial charge on any atom is -0.424 e. The lowest BCUT2D eigenvalue weighted by atomic mass is 10.2. The van der Waals surface area contributed by atoms with E-state index in [1.165, 1.54) is 0 Å². The van der Waals surface area contributed by atoms with Gasteiger partial charge in [0.1, 0.15) is 12.1 Å². The molecule has 0 spiro atoms. The second-order valence-corrected chi connectivity index (χ2v) is 3.98. The first-order valence-electron chi connectivity index (χ1n) is 5.92. The maximum Gasteiger partial charge on any atom is 0.328 e. The summed E-state index contributed by atoms with van der Waals surface area (Å²) in [7, 11) is 0. The molecular formula is C13H9N7O. The van der Waals surface area contributed by atoms with Gasteiger partial charge in [0, 0.05) is 12.4 Å². The smallest absolute Gasteiger partial charge is 0.328 e. The molecule has 0 saturated heterocycles. The highest BCUT2D eigenvalue weighted by molar-refractivity contribution is 5.36. The topological polar surface area (TPSA) is 116 Å². The zero-order valence-corrected chi connectivity index (χ0v) is 10.7. The summed E-state index contributed by atoms with van der Waals surface area (Å²) in [5.74, 6) is 0.845. The maximum atomic E-state index is 8.75. The lowest BCUT2D eigenvalue weighted by Gasteiger charge is -2.06. The molecule has 0 aliphatic carbocycles. The number of nitrogens with zero attached hydrogens (tertiary/aromatic N) is 6. The van der Waals surface area contributed by atoms with Gasteiger partial charge in [-0.15, -0.1) is 0 Å². The maximum absolute atomic E-state index is 8.75. The summed E-state index contributed by atoms with van der Waals surface area (Å²) in [4.78, 5) is 16.0. The summed E-state index contributed by atoms with van der Waals surface area (Å²) in [5, 5.41) is 8.75. The van der Waals surface area contributed by atoms with Crippen LogP contribution in [0.5, 0.6) is 11.8 Å². The molecule has 0 saturated carbocycles. The summed E-state index contributed by atoms with van der Waals surface area (Å²) >= 11 is 0. The number of nitrogen functional groups attached to an aromatic ring is 1. The molecule has 0 aliphatic rings. The molecule has 2 N–H and O–H groups in total. The minimum absolute atomic E-state index is 0.0392. The molecule has 3 aromatic rings. The van der Waals surface area contributed by atoms with Crippen molar-refractivity contribution in [2.45, 2.75) is 0 Å². The van der Waals surface area contributed by atoms with Crippen molar-refractivity contribution in [2.75, 3.05) is 5.73 Å². The molecule has 8 nitrogen and oxygen atoms in total. The van der Waals surface area contributed by atoms with E-state index in [1.54, 1.807) is 47.6 Å². The van der Waals surface area contributed by atoms with Crippen LogP contribution in [0.2, 0.25) is 0 Å². The summed E-state index contributed by atoms with van der Waals surface area (Å²) in [6, 6.07) is 8.66. The minimum atomic E-state index is 0.0392. The van der Waals surface area contributed by atoms with Crippen LogP contribution in [0.3, 0.4) is 0 Å². The van der Waals surface area contributed by atoms with Crippen molar-refractivity contribution in [3.63, 3.8) is 0 Å². The number of ether oxygens (including phenoxy) is 1. The molecule has 0 bridgehead atoms. The number of aromatic nitrogens is 5. The van der Waals surface area contributed by atoms with Crippen LogP contribution < -0.4 is 10.5 Å². The zero-order chi connectivity index (χ0) is 14.7. The Morgan fingerprint density at radius 1 is 1.14 bits per heavy atom. The van der Waals surface area contributed by atoms with Gasteiger partial charge in [0.25, 0.3) is 0 Å². The highest BCUT2D eigenvalue weighted by Gasteiger charge is 2.08. The Hall–Kier alpha value is -3.47. The fraction of sp³-hybridized carbons (Fsp3) is 0. The summed E-state index contributed by atoms with van der Waals surface area (Å²) < 4.78 is 7.10. The van der Waals surface area contributed by atoms with Crippen molar-refractivity contribution < 1.29 is 4.74 Å². The van der Waals surface area contributed by atoms with E-state index >= 15 is 0 Å². The molecule has 21 heavy (non-hydrogen) atoms. The predicted octanol–water partition coefficient (Wildman–Crippen LogP) is 1.30. The fourth-order valence-electron chi connectivity index (χ4n) is 1.60. The molecule has 2 aromatic heterocycles. The molecule has 0 radical (unpaired) electrons. The normalized spacial score (nSPS) is 10.0. The molecule has 3 rings (SSSR count). The van der Waals surface area contributed by atoms with Crippen LogP contribution in [-0.4, -0.2) is 24.5 Å². The standard InChI is InChI=1S/C13H9N7O/c14-7-9-1-3-10(4-2-9)21-13-18-11(15)17-12(19-13)20-6-5-16-8-20/h1-6,8H,(H2,15,17,18,19). The molecule has 0 fully saturated rings.